The molecule has 3 rings (SSSR count). The van der Waals surface area contributed by atoms with Gasteiger partial charge in [-0.1, -0.05) is 18.2 Å². The minimum absolute atomic E-state index is 0.0378. The van der Waals surface area contributed by atoms with Crippen molar-refractivity contribution in [3.05, 3.63) is 54.0 Å². The van der Waals surface area contributed by atoms with Crippen molar-refractivity contribution >= 4 is 15.9 Å². The summed E-state index contributed by atoms with van der Waals surface area (Å²) in [4.78, 5) is 14.1. The van der Waals surface area contributed by atoms with Gasteiger partial charge in [-0.05, 0) is 24.6 Å². The van der Waals surface area contributed by atoms with Crippen molar-refractivity contribution in [1.29, 1.82) is 0 Å². The number of sulfone groups is 1. The van der Waals surface area contributed by atoms with Gasteiger partial charge in [0, 0.05) is 11.6 Å². The second kappa shape index (κ2) is 7.18. The molecule has 134 valence electrons. The number of urea groups is 1. The van der Waals surface area contributed by atoms with E-state index in [-0.39, 0.29) is 42.4 Å². The molecule has 1 saturated heterocycles. The largest absolute Gasteiger partial charge is 0.508 e. The Bertz CT molecular complexity index is 832. The number of hydrogen-bond acceptors (Lipinski definition) is 5. The van der Waals surface area contributed by atoms with Crippen LogP contribution in [0.1, 0.15) is 17.7 Å². The topological polar surface area (TPSA) is 99.9 Å². The zero-order chi connectivity index (χ0) is 17.9. The van der Waals surface area contributed by atoms with Crippen LogP contribution in [-0.4, -0.2) is 42.0 Å². The third-order valence-corrected chi connectivity index (χ3v) is 5.89. The van der Waals surface area contributed by atoms with E-state index in [1.807, 2.05) is 0 Å². The van der Waals surface area contributed by atoms with Crippen molar-refractivity contribution in [3.8, 4) is 5.75 Å². The molecule has 1 aliphatic rings. The molecule has 2 N–H and O–H groups in total. The van der Waals surface area contributed by atoms with Crippen LogP contribution in [0.15, 0.2) is 47.1 Å². The highest BCUT2D eigenvalue weighted by Crippen LogP contribution is 2.20. The number of carbonyl (C=O) groups is 1. The standard InChI is InChI=1S/C17H20N2O5S/c20-16-6-2-1-4-13(16)10-19(11-15-5-3-8-24-15)17(21)18-14-7-9-25(22,23)12-14/h1-6,8,14,20H,7,9-12H2,(H,18,21). The van der Waals surface area contributed by atoms with Crippen LogP contribution in [0.3, 0.4) is 0 Å². The Hall–Kier alpha value is -2.48. The molecule has 0 aliphatic carbocycles. The van der Waals surface area contributed by atoms with Crippen LogP contribution in [0, 0.1) is 0 Å². The highest BCUT2D eigenvalue weighted by molar-refractivity contribution is 7.91. The van der Waals surface area contributed by atoms with E-state index in [2.05, 4.69) is 5.32 Å². The van der Waals surface area contributed by atoms with Crippen LogP contribution >= 0.6 is 0 Å². The van der Waals surface area contributed by atoms with Gasteiger partial charge >= 0.3 is 6.03 Å². The number of nitrogens with zero attached hydrogens (tertiary/aromatic N) is 1. The van der Waals surface area contributed by atoms with E-state index in [1.54, 1.807) is 36.4 Å². The van der Waals surface area contributed by atoms with E-state index in [9.17, 15) is 18.3 Å². The second-order valence-corrected chi connectivity index (χ2v) is 8.34. The number of phenols is 1. The molecule has 0 spiro atoms. The first-order valence-corrected chi connectivity index (χ1v) is 9.80. The Kier molecular flexibility index (Phi) is 4.98. The van der Waals surface area contributed by atoms with Gasteiger partial charge < -0.3 is 19.7 Å². The predicted octanol–water partition coefficient (Wildman–Crippen LogP) is 1.88. The predicted molar refractivity (Wildman–Crippen MR) is 91.7 cm³/mol. The van der Waals surface area contributed by atoms with Gasteiger partial charge in [0.05, 0.1) is 30.9 Å². The average molecular weight is 364 g/mol. The summed E-state index contributed by atoms with van der Waals surface area (Å²) in [6.45, 7) is 0.394. The van der Waals surface area contributed by atoms with Gasteiger partial charge in [-0.25, -0.2) is 13.2 Å². The quantitative estimate of drug-likeness (QED) is 0.844. The van der Waals surface area contributed by atoms with Gasteiger partial charge in [0.25, 0.3) is 0 Å². The van der Waals surface area contributed by atoms with E-state index in [4.69, 9.17) is 4.42 Å². The van der Waals surface area contributed by atoms with Crippen LogP contribution in [0.5, 0.6) is 5.75 Å². The molecule has 8 heteroatoms. The number of benzene rings is 1. The summed E-state index contributed by atoms with van der Waals surface area (Å²) >= 11 is 0. The monoisotopic (exact) mass is 364 g/mol. The number of amides is 2. The van der Waals surface area contributed by atoms with E-state index in [1.165, 1.54) is 11.2 Å². The maximum Gasteiger partial charge on any atom is 0.318 e. The maximum absolute atomic E-state index is 12.6. The Labute approximate surface area is 146 Å². The normalized spacial score (nSPS) is 18.8. The number of phenolic OH excluding ortho intramolecular Hbond substituents is 1. The van der Waals surface area contributed by atoms with E-state index in [0.29, 0.717) is 17.7 Å². The fourth-order valence-electron chi connectivity index (χ4n) is 2.82. The molecule has 0 radical (unpaired) electrons. The van der Waals surface area contributed by atoms with Crippen molar-refractivity contribution in [1.82, 2.24) is 10.2 Å². The molecule has 7 nitrogen and oxygen atoms in total. The third kappa shape index (κ3) is 4.54. The first-order valence-electron chi connectivity index (χ1n) is 7.98. The van der Waals surface area contributed by atoms with Crippen LogP contribution in [0.4, 0.5) is 4.79 Å². The van der Waals surface area contributed by atoms with Crippen molar-refractivity contribution in [2.24, 2.45) is 0 Å². The molecule has 1 aromatic heterocycles. The first kappa shape index (κ1) is 17.3. The number of furan rings is 1. The number of para-hydroxylation sites is 1. The van der Waals surface area contributed by atoms with E-state index >= 15 is 0 Å². The van der Waals surface area contributed by atoms with Crippen molar-refractivity contribution < 1.29 is 22.7 Å². The zero-order valence-electron chi connectivity index (χ0n) is 13.6. The molecule has 2 aromatic rings. The van der Waals surface area contributed by atoms with Crippen molar-refractivity contribution in [3.63, 3.8) is 0 Å². The average Bonchev–Trinajstić information content (AvgIpc) is 3.18. The molecular weight excluding hydrogens is 344 g/mol. The van der Waals surface area contributed by atoms with Crippen LogP contribution in [-0.2, 0) is 22.9 Å². The molecule has 2 amide bonds. The highest BCUT2D eigenvalue weighted by Gasteiger charge is 2.30. The number of nitrogens with one attached hydrogen (secondary N) is 1. The Morgan fingerprint density at radius 1 is 1.24 bits per heavy atom. The highest BCUT2D eigenvalue weighted by atomic mass is 32.2. The molecule has 1 aromatic carbocycles. The van der Waals surface area contributed by atoms with E-state index in [0.717, 1.165) is 0 Å². The second-order valence-electron chi connectivity index (χ2n) is 6.11. The number of hydrogen-bond donors (Lipinski definition) is 2. The van der Waals surface area contributed by atoms with Gasteiger partial charge in [-0.3, -0.25) is 0 Å². The lowest BCUT2D eigenvalue weighted by atomic mass is 10.2. The van der Waals surface area contributed by atoms with Gasteiger partial charge in [0.1, 0.15) is 11.5 Å². The molecule has 1 aliphatic heterocycles. The summed E-state index contributed by atoms with van der Waals surface area (Å²) in [6, 6.07) is 9.49. The van der Waals surface area contributed by atoms with Gasteiger partial charge in [0.2, 0.25) is 0 Å². The molecule has 1 unspecified atom stereocenters. The van der Waals surface area contributed by atoms with Gasteiger partial charge in [0.15, 0.2) is 9.84 Å². The van der Waals surface area contributed by atoms with Crippen molar-refractivity contribution in [2.45, 2.75) is 25.6 Å². The summed E-state index contributed by atoms with van der Waals surface area (Å²) in [5.41, 5.74) is 0.600. The Balaban J connectivity index is 1.73. The van der Waals surface area contributed by atoms with E-state index < -0.39 is 9.84 Å². The minimum Gasteiger partial charge on any atom is -0.508 e. The summed E-state index contributed by atoms with van der Waals surface area (Å²) in [5, 5.41) is 12.7. The van der Waals surface area contributed by atoms with Crippen LogP contribution < -0.4 is 5.32 Å². The van der Waals surface area contributed by atoms with Gasteiger partial charge in [-0.15, -0.1) is 0 Å². The van der Waals surface area contributed by atoms with Crippen LogP contribution in [0.25, 0.3) is 0 Å². The van der Waals surface area contributed by atoms with Gasteiger partial charge in [-0.2, -0.15) is 0 Å². The zero-order valence-corrected chi connectivity index (χ0v) is 14.4. The smallest absolute Gasteiger partial charge is 0.318 e. The molecule has 1 atom stereocenters. The number of carbonyl (C=O) groups excluding carboxylic acids is 1. The van der Waals surface area contributed by atoms with Crippen molar-refractivity contribution in [2.75, 3.05) is 11.5 Å². The number of rotatable bonds is 5. The minimum atomic E-state index is -3.07. The molecule has 0 bridgehead atoms. The molecule has 1 fully saturated rings. The Morgan fingerprint density at radius 3 is 2.68 bits per heavy atom. The summed E-state index contributed by atoms with van der Waals surface area (Å²) in [7, 11) is -3.07. The Morgan fingerprint density at radius 2 is 2.04 bits per heavy atom. The third-order valence-electron chi connectivity index (χ3n) is 4.13. The summed E-state index contributed by atoms with van der Waals surface area (Å²) in [5.74, 6) is 0.757. The molecule has 0 saturated carbocycles. The lowest BCUT2D eigenvalue weighted by Gasteiger charge is -2.24. The molecular formula is C17H20N2O5S. The summed E-state index contributed by atoms with van der Waals surface area (Å²) < 4.78 is 28.4. The summed E-state index contributed by atoms with van der Waals surface area (Å²) in [6.07, 6.45) is 1.94. The molecule has 25 heavy (non-hydrogen) atoms. The van der Waals surface area contributed by atoms with Crippen LogP contribution in [0.2, 0.25) is 0 Å². The fourth-order valence-corrected chi connectivity index (χ4v) is 4.49. The SMILES string of the molecule is O=C(NC1CCS(=O)(=O)C1)N(Cc1ccco1)Cc1ccccc1O. The first-order chi connectivity index (χ1) is 11.9. The fraction of sp³-hybridized carbons (Fsp3) is 0.353. The number of aromatic hydroxyl groups is 1. The lowest BCUT2D eigenvalue weighted by Crippen LogP contribution is -2.44. The lowest BCUT2D eigenvalue weighted by molar-refractivity contribution is 0.183. The molecule has 2 heterocycles. The maximum atomic E-state index is 12.6.